The lowest BCUT2D eigenvalue weighted by Crippen LogP contribution is -2.12. The van der Waals surface area contributed by atoms with Crippen LogP contribution in [0.3, 0.4) is 0 Å². The molecule has 2 N–H and O–H groups in total. The molecule has 0 fully saturated rings. The van der Waals surface area contributed by atoms with Crippen molar-refractivity contribution >= 4 is 0 Å². The highest BCUT2D eigenvalue weighted by Gasteiger charge is 2.08. The summed E-state index contributed by atoms with van der Waals surface area (Å²) >= 11 is 0. The molecular formula is C14H19N. The number of hydrogen-bond donors (Lipinski definition) is 1. The predicted molar refractivity (Wildman–Crippen MR) is 65.4 cm³/mol. The molecule has 1 aromatic rings. The maximum absolute atomic E-state index is 6.14. The van der Waals surface area contributed by atoms with Crippen LogP contribution >= 0.6 is 0 Å². The van der Waals surface area contributed by atoms with Crippen LogP contribution in [-0.2, 0) is 6.42 Å². The maximum atomic E-state index is 6.14. The lowest BCUT2D eigenvalue weighted by atomic mass is 9.96. The first-order chi connectivity index (χ1) is 7.29. The van der Waals surface area contributed by atoms with Crippen LogP contribution in [0, 0.1) is 11.8 Å². The summed E-state index contributed by atoms with van der Waals surface area (Å²) < 4.78 is 0. The van der Waals surface area contributed by atoms with Gasteiger partial charge >= 0.3 is 0 Å². The monoisotopic (exact) mass is 201 g/mol. The molecule has 1 atom stereocenters. The molecule has 80 valence electrons. The Morgan fingerprint density at radius 2 is 2.07 bits per heavy atom. The molecule has 0 amide bonds. The van der Waals surface area contributed by atoms with Crippen LogP contribution in [0.5, 0.6) is 0 Å². The third-order valence-corrected chi connectivity index (χ3v) is 2.59. The predicted octanol–water partition coefficient (Wildman–Crippen LogP) is 3.05. The van der Waals surface area contributed by atoms with E-state index >= 15 is 0 Å². The van der Waals surface area contributed by atoms with Crippen molar-refractivity contribution in [3.63, 3.8) is 0 Å². The molecule has 1 nitrogen and oxygen atoms in total. The van der Waals surface area contributed by atoms with Gasteiger partial charge < -0.3 is 5.73 Å². The molecule has 0 radical (unpaired) electrons. The fourth-order valence-corrected chi connectivity index (χ4v) is 1.73. The molecule has 15 heavy (non-hydrogen) atoms. The molecule has 0 bridgehead atoms. The normalized spacial score (nSPS) is 11.7. The second-order valence-electron chi connectivity index (χ2n) is 3.62. The number of nitrogens with two attached hydrogens (primary N) is 1. The Hall–Kier alpha value is -1.26. The Labute approximate surface area is 92.7 Å². The Morgan fingerprint density at radius 3 is 2.73 bits per heavy atom. The van der Waals surface area contributed by atoms with Gasteiger partial charge in [-0.3, -0.25) is 0 Å². The summed E-state index contributed by atoms with van der Waals surface area (Å²) in [7, 11) is 0. The van der Waals surface area contributed by atoms with Crippen molar-refractivity contribution in [3.8, 4) is 11.8 Å². The third-order valence-electron chi connectivity index (χ3n) is 2.59. The highest BCUT2D eigenvalue weighted by molar-refractivity contribution is 5.29. The standard InChI is InChI=1S/C14H19N/c1-3-5-6-11-14(15)13-10-8-7-9-12(13)4-2/h7-10,14H,4,6,11,15H2,1-2H3. The Morgan fingerprint density at radius 1 is 1.33 bits per heavy atom. The zero-order valence-corrected chi connectivity index (χ0v) is 9.59. The van der Waals surface area contributed by atoms with Crippen LogP contribution < -0.4 is 5.73 Å². The van der Waals surface area contributed by atoms with Gasteiger partial charge in [0.15, 0.2) is 0 Å². The lowest BCUT2D eigenvalue weighted by molar-refractivity contribution is 0.660. The van der Waals surface area contributed by atoms with Gasteiger partial charge in [-0.15, -0.1) is 11.8 Å². The molecule has 1 aromatic carbocycles. The van der Waals surface area contributed by atoms with Crippen molar-refractivity contribution in [2.24, 2.45) is 5.73 Å². The van der Waals surface area contributed by atoms with E-state index in [1.165, 1.54) is 11.1 Å². The molecule has 0 aliphatic rings. The average Bonchev–Trinajstić information content (AvgIpc) is 2.29. The quantitative estimate of drug-likeness (QED) is 0.744. The smallest absolute Gasteiger partial charge is 0.0306 e. The first-order valence-corrected chi connectivity index (χ1v) is 5.52. The van der Waals surface area contributed by atoms with E-state index in [9.17, 15) is 0 Å². The van der Waals surface area contributed by atoms with Gasteiger partial charge in [-0.2, -0.15) is 0 Å². The molecule has 0 saturated heterocycles. The van der Waals surface area contributed by atoms with E-state index in [0.717, 1.165) is 19.3 Å². The molecule has 1 unspecified atom stereocenters. The van der Waals surface area contributed by atoms with Crippen LogP contribution in [0.4, 0.5) is 0 Å². The lowest BCUT2D eigenvalue weighted by Gasteiger charge is -2.14. The van der Waals surface area contributed by atoms with Crippen molar-refractivity contribution in [3.05, 3.63) is 35.4 Å². The van der Waals surface area contributed by atoms with E-state index in [2.05, 4.69) is 43.0 Å². The summed E-state index contributed by atoms with van der Waals surface area (Å²) in [5.74, 6) is 5.95. The molecule has 0 spiro atoms. The number of hydrogen-bond acceptors (Lipinski definition) is 1. The molecule has 0 heterocycles. The fourth-order valence-electron chi connectivity index (χ4n) is 1.73. The second kappa shape index (κ2) is 6.27. The van der Waals surface area contributed by atoms with E-state index in [4.69, 9.17) is 5.73 Å². The van der Waals surface area contributed by atoms with Gasteiger partial charge in [0.05, 0.1) is 0 Å². The van der Waals surface area contributed by atoms with E-state index < -0.39 is 0 Å². The van der Waals surface area contributed by atoms with Gasteiger partial charge in [-0.25, -0.2) is 0 Å². The molecule has 1 rings (SSSR count). The summed E-state index contributed by atoms with van der Waals surface area (Å²) in [4.78, 5) is 0. The highest BCUT2D eigenvalue weighted by Crippen LogP contribution is 2.20. The van der Waals surface area contributed by atoms with Gasteiger partial charge in [0.2, 0.25) is 0 Å². The van der Waals surface area contributed by atoms with Gasteiger partial charge in [0, 0.05) is 12.5 Å². The van der Waals surface area contributed by atoms with Crippen molar-refractivity contribution in [2.45, 2.75) is 39.2 Å². The SMILES string of the molecule is CC#CCCC(N)c1ccccc1CC. The van der Waals surface area contributed by atoms with Gasteiger partial charge in [-0.05, 0) is 30.9 Å². The molecule has 0 aliphatic carbocycles. The summed E-state index contributed by atoms with van der Waals surface area (Å²) in [6, 6.07) is 8.53. The van der Waals surface area contributed by atoms with Crippen LogP contribution in [-0.4, -0.2) is 0 Å². The first-order valence-electron chi connectivity index (χ1n) is 5.52. The minimum Gasteiger partial charge on any atom is -0.324 e. The number of benzene rings is 1. The molecular weight excluding hydrogens is 182 g/mol. The molecule has 0 aliphatic heterocycles. The average molecular weight is 201 g/mol. The van der Waals surface area contributed by atoms with E-state index in [1.807, 2.05) is 6.92 Å². The Bertz CT molecular complexity index is 357. The van der Waals surface area contributed by atoms with Crippen LogP contribution in [0.15, 0.2) is 24.3 Å². The Kier molecular flexibility index (Phi) is 4.93. The van der Waals surface area contributed by atoms with Gasteiger partial charge in [0.1, 0.15) is 0 Å². The molecule has 0 aromatic heterocycles. The first kappa shape index (κ1) is 11.8. The number of rotatable bonds is 4. The van der Waals surface area contributed by atoms with E-state index in [1.54, 1.807) is 0 Å². The van der Waals surface area contributed by atoms with Crippen molar-refractivity contribution < 1.29 is 0 Å². The molecule has 0 saturated carbocycles. The minimum absolute atomic E-state index is 0.127. The van der Waals surface area contributed by atoms with Crippen molar-refractivity contribution in [1.82, 2.24) is 0 Å². The largest absolute Gasteiger partial charge is 0.324 e. The minimum atomic E-state index is 0.127. The highest BCUT2D eigenvalue weighted by atomic mass is 14.6. The fraction of sp³-hybridized carbons (Fsp3) is 0.429. The van der Waals surface area contributed by atoms with Crippen molar-refractivity contribution in [1.29, 1.82) is 0 Å². The topological polar surface area (TPSA) is 26.0 Å². The second-order valence-corrected chi connectivity index (χ2v) is 3.62. The Balaban J connectivity index is 2.70. The van der Waals surface area contributed by atoms with Gasteiger partial charge in [-0.1, -0.05) is 31.2 Å². The van der Waals surface area contributed by atoms with E-state index in [0.29, 0.717) is 0 Å². The van der Waals surface area contributed by atoms with Crippen LogP contribution in [0.25, 0.3) is 0 Å². The van der Waals surface area contributed by atoms with E-state index in [-0.39, 0.29) is 6.04 Å². The molecule has 1 heteroatoms. The van der Waals surface area contributed by atoms with Crippen molar-refractivity contribution in [2.75, 3.05) is 0 Å². The zero-order valence-electron chi connectivity index (χ0n) is 9.59. The summed E-state index contributed by atoms with van der Waals surface area (Å²) in [6.45, 7) is 4.03. The summed E-state index contributed by atoms with van der Waals surface area (Å²) in [5, 5.41) is 0. The third kappa shape index (κ3) is 3.42. The van der Waals surface area contributed by atoms with Crippen LogP contribution in [0.1, 0.15) is 43.9 Å². The zero-order chi connectivity index (χ0) is 11.1. The summed E-state index contributed by atoms with van der Waals surface area (Å²) in [6.07, 6.45) is 2.87. The summed E-state index contributed by atoms with van der Waals surface area (Å²) in [5.41, 5.74) is 8.78. The van der Waals surface area contributed by atoms with Crippen LogP contribution in [0.2, 0.25) is 0 Å². The van der Waals surface area contributed by atoms with Gasteiger partial charge in [0.25, 0.3) is 0 Å². The maximum Gasteiger partial charge on any atom is 0.0306 e. The number of aryl methyl sites for hydroxylation is 1.